The summed E-state index contributed by atoms with van der Waals surface area (Å²) in [6, 6.07) is 0. The van der Waals surface area contributed by atoms with Gasteiger partial charge in [-0.15, -0.1) is 0 Å². The van der Waals surface area contributed by atoms with E-state index in [1.807, 2.05) is 6.92 Å². The quantitative estimate of drug-likeness (QED) is 0.216. The van der Waals surface area contributed by atoms with Crippen LogP contribution in [0.2, 0.25) is 0 Å². The first kappa shape index (κ1) is 26.6. The highest BCUT2D eigenvalue weighted by molar-refractivity contribution is 5.92. The van der Waals surface area contributed by atoms with Crippen LogP contribution >= 0.6 is 0 Å². The highest BCUT2D eigenvalue weighted by Gasteiger charge is 2.82. The highest BCUT2D eigenvalue weighted by atomic mass is 16.7. The molecule has 3 heterocycles. The first-order chi connectivity index (χ1) is 18.0. The van der Waals surface area contributed by atoms with Crippen molar-refractivity contribution in [3.8, 4) is 0 Å². The maximum absolute atomic E-state index is 13.1. The summed E-state index contributed by atoms with van der Waals surface area (Å²) < 4.78 is 34.7. The van der Waals surface area contributed by atoms with E-state index >= 15 is 0 Å². The number of allylic oxidation sites excluding steroid dienone is 2. The van der Waals surface area contributed by atoms with E-state index in [0.29, 0.717) is 6.61 Å². The highest BCUT2D eigenvalue weighted by Crippen LogP contribution is 2.68. The Hall–Kier alpha value is -3.02. The molecule has 0 radical (unpaired) electrons. The molecule has 0 amide bonds. The predicted molar refractivity (Wildman–Crippen MR) is 127 cm³/mol. The van der Waals surface area contributed by atoms with Crippen molar-refractivity contribution in [1.29, 1.82) is 0 Å². The Kier molecular flexibility index (Phi) is 6.52. The fourth-order valence-electron chi connectivity index (χ4n) is 6.53. The first-order valence-corrected chi connectivity index (χ1v) is 12.7. The lowest BCUT2D eigenvalue weighted by Crippen LogP contribution is -2.45. The minimum atomic E-state index is -0.840. The molecule has 11 heteroatoms. The number of fused-ring (bicyclic) bond motifs is 6. The van der Waals surface area contributed by atoms with Crippen LogP contribution in [-0.2, 0) is 47.6 Å². The molecule has 11 nitrogen and oxygen atoms in total. The molecular formula is C27H32O11. The van der Waals surface area contributed by atoms with Crippen molar-refractivity contribution in [1.82, 2.24) is 0 Å². The van der Waals surface area contributed by atoms with Crippen molar-refractivity contribution in [3.63, 3.8) is 0 Å². The lowest BCUT2D eigenvalue weighted by molar-refractivity contribution is -0.158. The van der Waals surface area contributed by atoms with Crippen LogP contribution in [0.25, 0.3) is 0 Å². The summed E-state index contributed by atoms with van der Waals surface area (Å²) in [4.78, 5) is 49.9. The molecule has 0 bridgehead atoms. The first-order valence-electron chi connectivity index (χ1n) is 12.7. The summed E-state index contributed by atoms with van der Waals surface area (Å²) in [7, 11) is 0. The molecule has 38 heavy (non-hydrogen) atoms. The molecule has 5 rings (SSSR count). The number of aliphatic hydroxyl groups excluding tert-OH is 1. The normalized spacial score (nSPS) is 40.9. The van der Waals surface area contributed by atoms with Gasteiger partial charge in [-0.2, -0.15) is 0 Å². The largest absolute Gasteiger partial charge is 0.461 e. The molecular weight excluding hydrogens is 500 g/mol. The van der Waals surface area contributed by atoms with Gasteiger partial charge in [0.1, 0.15) is 42.2 Å². The Morgan fingerprint density at radius 1 is 1.13 bits per heavy atom. The van der Waals surface area contributed by atoms with E-state index in [1.54, 1.807) is 13.8 Å². The van der Waals surface area contributed by atoms with Crippen molar-refractivity contribution < 1.29 is 52.7 Å². The second-order valence-corrected chi connectivity index (χ2v) is 10.6. The number of aliphatic hydroxyl groups is 1. The molecule has 5 fully saturated rings. The molecule has 1 N–H and O–H groups in total. The monoisotopic (exact) mass is 532 g/mol. The van der Waals surface area contributed by atoms with Crippen LogP contribution in [0.4, 0.5) is 0 Å². The summed E-state index contributed by atoms with van der Waals surface area (Å²) in [5.41, 5.74) is -1.12. The van der Waals surface area contributed by atoms with Crippen molar-refractivity contribution in [2.24, 2.45) is 17.8 Å². The Morgan fingerprint density at radius 2 is 1.79 bits per heavy atom. The van der Waals surface area contributed by atoms with Gasteiger partial charge >= 0.3 is 23.9 Å². The van der Waals surface area contributed by atoms with Crippen molar-refractivity contribution in [2.45, 2.75) is 69.7 Å². The molecule has 5 aliphatic rings. The Labute approximate surface area is 219 Å². The molecule has 0 aromatic carbocycles. The third-order valence-corrected chi connectivity index (χ3v) is 8.60. The van der Waals surface area contributed by atoms with Crippen molar-refractivity contribution in [3.05, 3.63) is 35.5 Å². The van der Waals surface area contributed by atoms with E-state index in [1.165, 1.54) is 19.1 Å². The van der Waals surface area contributed by atoms with E-state index in [2.05, 4.69) is 6.58 Å². The van der Waals surface area contributed by atoms with E-state index in [9.17, 15) is 24.3 Å². The Balaban J connectivity index is 1.47. The molecule has 3 aliphatic heterocycles. The van der Waals surface area contributed by atoms with E-state index in [4.69, 9.17) is 28.4 Å². The van der Waals surface area contributed by atoms with Gasteiger partial charge in [0.05, 0.1) is 30.3 Å². The summed E-state index contributed by atoms with van der Waals surface area (Å²) in [5.74, 6) is -3.98. The Morgan fingerprint density at radius 3 is 2.37 bits per heavy atom. The summed E-state index contributed by atoms with van der Waals surface area (Å²) in [6.07, 6.45) is 0.454. The van der Waals surface area contributed by atoms with Gasteiger partial charge in [-0.1, -0.05) is 18.7 Å². The third kappa shape index (κ3) is 4.07. The number of carbonyl (C=O) groups excluding carboxylic acids is 4. The number of epoxide rings is 2. The van der Waals surface area contributed by atoms with Crippen LogP contribution < -0.4 is 0 Å². The molecule has 9 atom stereocenters. The number of ether oxygens (including phenoxy) is 6. The summed E-state index contributed by atoms with van der Waals surface area (Å²) in [5, 5.41) is 9.55. The van der Waals surface area contributed by atoms with Gasteiger partial charge in [0, 0.05) is 30.8 Å². The van der Waals surface area contributed by atoms with Crippen LogP contribution in [0.3, 0.4) is 0 Å². The van der Waals surface area contributed by atoms with Gasteiger partial charge in [0.15, 0.2) is 0 Å². The van der Waals surface area contributed by atoms with Crippen molar-refractivity contribution >= 4 is 23.9 Å². The third-order valence-electron chi connectivity index (χ3n) is 8.60. The van der Waals surface area contributed by atoms with Gasteiger partial charge < -0.3 is 33.5 Å². The van der Waals surface area contributed by atoms with Gasteiger partial charge in [0.25, 0.3) is 0 Å². The lowest BCUT2D eigenvalue weighted by Gasteiger charge is -2.34. The molecule has 206 valence electrons. The molecule has 2 saturated carbocycles. The minimum absolute atomic E-state index is 0.118. The average molecular weight is 533 g/mol. The number of rotatable bonds is 7. The molecule has 2 aliphatic carbocycles. The fourth-order valence-corrected chi connectivity index (χ4v) is 6.53. The van der Waals surface area contributed by atoms with Crippen LogP contribution in [-0.4, -0.2) is 84.4 Å². The molecule has 0 unspecified atom stereocenters. The predicted octanol–water partition coefficient (Wildman–Crippen LogP) is 0.932. The van der Waals surface area contributed by atoms with Crippen LogP contribution in [0.1, 0.15) is 34.1 Å². The van der Waals surface area contributed by atoms with E-state index in [-0.39, 0.29) is 29.7 Å². The zero-order chi connectivity index (χ0) is 27.6. The summed E-state index contributed by atoms with van der Waals surface area (Å²) in [6.45, 7) is 9.94. The average Bonchev–Trinajstić information content (AvgIpc) is 3.74. The molecule has 0 aromatic heterocycles. The van der Waals surface area contributed by atoms with Gasteiger partial charge in [-0.3, -0.25) is 4.79 Å². The van der Waals surface area contributed by atoms with E-state index < -0.39 is 83.9 Å². The zero-order valence-corrected chi connectivity index (χ0v) is 21.8. The van der Waals surface area contributed by atoms with Gasteiger partial charge in [-0.05, 0) is 20.8 Å². The Bertz CT molecular complexity index is 1150. The smallest absolute Gasteiger partial charge is 0.337 e. The molecule has 1 spiro atoms. The topological polar surface area (TPSA) is 150 Å². The lowest BCUT2D eigenvalue weighted by atomic mass is 9.76. The number of hydrogen-bond donors (Lipinski definition) is 1. The standard InChI is InChI=1S/C27H32O11/c1-6-14(9-28)24(31)37-21-19-18(26(5)22(21)38-26)20-17(12(3)23(30)36-20)16(8-27(19)11-34-27)35-25(32)15(7-2)10-33-13(4)29/h6-7,16-22,28H,3,8-11H2,1-2,4-5H3/b14-6-,15-7-/t16-,17+,18+,19+,20+,21+,22-,26+,27+/m1/s1. The fraction of sp³-hybridized carbons (Fsp3) is 0.630. The maximum atomic E-state index is 13.1. The minimum Gasteiger partial charge on any atom is -0.461 e. The second kappa shape index (κ2) is 9.32. The zero-order valence-electron chi connectivity index (χ0n) is 21.8. The summed E-state index contributed by atoms with van der Waals surface area (Å²) >= 11 is 0. The number of esters is 4. The number of hydrogen-bond acceptors (Lipinski definition) is 11. The maximum Gasteiger partial charge on any atom is 0.337 e. The van der Waals surface area contributed by atoms with E-state index in [0.717, 1.165) is 0 Å². The van der Waals surface area contributed by atoms with Crippen LogP contribution in [0.15, 0.2) is 35.5 Å². The second-order valence-electron chi connectivity index (χ2n) is 10.6. The van der Waals surface area contributed by atoms with Gasteiger partial charge in [0.2, 0.25) is 0 Å². The molecule has 0 aromatic rings. The van der Waals surface area contributed by atoms with Gasteiger partial charge in [-0.25, -0.2) is 14.4 Å². The number of carbonyl (C=O) groups is 4. The van der Waals surface area contributed by atoms with Crippen LogP contribution in [0.5, 0.6) is 0 Å². The molecule has 3 saturated heterocycles. The van der Waals surface area contributed by atoms with Crippen LogP contribution in [0, 0.1) is 17.8 Å². The van der Waals surface area contributed by atoms with Crippen molar-refractivity contribution in [2.75, 3.05) is 19.8 Å². The SMILES string of the molecule is C=C1C(=O)O[C@H]2[C@@H]1[C@H](OC(=O)/C(=C\C)COC(C)=O)C[C@]1(CO1)[C@@H]1[C@H](OC(=O)/C(=C\C)CO)[C@H]3O[C@@]3(C)[C@H]21.